The minimum atomic E-state index is -0.917. The Hall–Kier alpha value is -0.629. The predicted molar refractivity (Wildman–Crippen MR) is 79.2 cm³/mol. The fourth-order valence-electron chi connectivity index (χ4n) is 2.19. The number of benzene rings is 2. The maximum atomic E-state index is 2.54. The van der Waals surface area contributed by atoms with Gasteiger partial charge in [-0.1, -0.05) is 0 Å². The second-order valence-corrected chi connectivity index (χ2v) is 19.4. The summed E-state index contributed by atoms with van der Waals surface area (Å²) in [7, 11) is 0. The molecule has 0 spiro atoms. The molecule has 0 aromatic heterocycles. The fourth-order valence-corrected chi connectivity index (χ4v) is 11.3. The van der Waals surface area contributed by atoms with Gasteiger partial charge in [0.05, 0.1) is 0 Å². The van der Waals surface area contributed by atoms with E-state index in [2.05, 4.69) is 73.8 Å². The van der Waals surface area contributed by atoms with Gasteiger partial charge < -0.3 is 0 Å². The van der Waals surface area contributed by atoms with Crippen LogP contribution in [0.5, 0.6) is 0 Å². The number of hydrogen-bond acceptors (Lipinski definition) is 0. The van der Waals surface area contributed by atoms with Crippen molar-refractivity contribution in [2.75, 3.05) is 0 Å². The molecular formula is C16H21SiTi. The summed E-state index contributed by atoms with van der Waals surface area (Å²) < 4.78 is 2.80. The van der Waals surface area contributed by atoms with Crippen molar-refractivity contribution in [2.45, 2.75) is 22.5 Å². The minimum absolute atomic E-state index is 0.458. The zero-order chi connectivity index (χ0) is 12.8. The molecule has 2 rings (SSSR count). The van der Waals surface area contributed by atoms with Gasteiger partial charge in [-0.05, 0) is 0 Å². The van der Waals surface area contributed by atoms with E-state index in [4.69, 9.17) is 0 Å². The van der Waals surface area contributed by atoms with E-state index in [0.29, 0.717) is 0 Å². The fraction of sp³-hybridized carbons (Fsp3) is 0.250. The van der Waals surface area contributed by atoms with E-state index in [1.165, 1.54) is 9.45 Å². The Kier molecular flexibility index (Phi) is 5.43. The van der Waals surface area contributed by atoms with Gasteiger partial charge in [0.2, 0.25) is 0 Å². The molecule has 0 N–H and O–H groups in total. The predicted octanol–water partition coefficient (Wildman–Crippen LogP) is 3.99. The molecule has 0 radical (unpaired) electrons. The molecule has 0 atom stereocenters. The first-order chi connectivity index (χ1) is 8.75. The zero-order valence-electron chi connectivity index (χ0n) is 11.3. The molecule has 0 bridgehead atoms. The van der Waals surface area contributed by atoms with E-state index >= 15 is 0 Å². The van der Waals surface area contributed by atoms with E-state index in [-0.39, 0.29) is 0 Å². The monoisotopic (exact) mass is 289 g/mol. The first-order valence-corrected chi connectivity index (χ1v) is 14.5. The van der Waals surface area contributed by atoms with Crippen molar-refractivity contribution in [1.29, 1.82) is 0 Å². The summed E-state index contributed by atoms with van der Waals surface area (Å²) >= 11 is -0.917. The third-order valence-corrected chi connectivity index (χ3v) is 17.0. The molecule has 0 saturated heterocycles. The van der Waals surface area contributed by atoms with E-state index in [9.17, 15) is 0 Å². The average molecular weight is 289 g/mol. The molecule has 0 nitrogen and oxygen atoms in total. The Morgan fingerprint density at radius 1 is 0.722 bits per heavy atom. The van der Waals surface area contributed by atoms with E-state index in [0.717, 1.165) is 0 Å². The van der Waals surface area contributed by atoms with Crippen LogP contribution < -0.4 is 0 Å². The van der Waals surface area contributed by atoms with Crippen LogP contribution in [0.4, 0.5) is 0 Å². The summed E-state index contributed by atoms with van der Waals surface area (Å²) in [4.78, 5) is 0. The van der Waals surface area contributed by atoms with Crippen LogP contribution in [0, 0.1) is 0 Å². The molecule has 0 fully saturated rings. The molecular weight excluding hydrogens is 268 g/mol. The van der Waals surface area contributed by atoms with Gasteiger partial charge in [0.25, 0.3) is 0 Å². The first-order valence-electron chi connectivity index (χ1n) is 6.68. The Labute approximate surface area is 118 Å². The summed E-state index contributed by atoms with van der Waals surface area (Å²) in [6.07, 6.45) is 0. The first kappa shape index (κ1) is 13.8. The Morgan fingerprint density at radius 3 is 1.44 bits per heavy atom. The van der Waals surface area contributed by atoms with Crippen LogP contribution in [0.25, 0.3) is 0 Å². The molecule has 2 heteroatoms. The van der Waals surface area contributed by atoms with Crippen molar-refractivity contribution >= 4 is 6.66 Å². The van der Waals surface area contributed by atoms with Crippen LogP contribution in [0.3, 0.4) is 0 Å². The van der Waals surface area contributed by atoms with Crippen LogP contribution in [-0.2, 0) is 26.6 Å². The van der Waals surface area contributed by atoms with Gasteiger partial charge in [0.1, 0.15) is 0 Å². The Balaban J connectivity index is 2.05. The summed E-state index contributed by atoms with van der Waals surface area (Å²) in [5, 5.41) is 0. The van der Waals surface area contributed by atoms with E-state index < -0.39 is 23.8 Å². The summed E-state index contributed by atoms with van der Waals surface area (Å²) in [6, 6.07) is 22.1. The number of rotatable bonds is 5. The van der Waals surface area contributed by atoms with Crippen molar-refractivity contribution < 1.29 is 17.1 Å². The third-order valence-electron chi connectivity index (χ3n) is 3.36. The van der Waals surface area contributed by atoms with Crippen molar-refractivity contribution in [2.24, 2.45) is 0 Å². The maximum absolute atomic E-state index is 2.54. The van der Waals surface area contributed by atoms with E-state index in [1.807, 2.05) is 0 Å². The van der Waals surface area contributed by atoms with Gasteiger partial charge >= 0.3 is 118 Å². The van der Waals surface area contributed by atoms with Gasteiger partial charge in [-0.15, -0.1) is 0 Å². The molecule has 2 aromatic rings. The van der Waals surface area contributed by atoms with Crippen molar-refractivity contribution in [3.63, 3.8) is 0 Å². The topological polar surface area (TPSA) is 0 Å². The summed E-state index contributed by atoms with van der Waals surface area (Å²) in [5.41, 5.74) is 3.12. The quantitative estimate of drug-likeness (QED) is 0.730. The molecule has 0 aliphatic heterocycles. The van der Waals surface area contributed by atoms with Crippen molar-refractivity contribution in [3.05, 3.63) is 71.8 Å². The van der Waals surface area contributed by atoms with Gasteiger partial charge in [0, 0.05) is 0 Å². The average Bonchev–Trinajstić information content (AvgIpc) is 2.40. The number of hydrogen-bond donors (Lipinski definition) is 0. The van der Waals surface area contributed by atoms with Crippen LogP contribution in [0.15, 0.2) is 60.7 Å². The molecule has 93 valence electrons. The van der Waals surface area contributed by atoms with Crippen molar-refractivity contribution in [3.8, 4) is 0 Å². The van der Waals surface area contributed by atoms with Crippen LogP contribution in [-0.4, -0.2) is 6.66 Å². The standard InChI is InChI=1S/2C7H7.C2H7Si.Ti/c2*1-7-5-3-2-4-6-7;1-3-2;/h2*2-6H,1H2;3H,1-2H3;. The van der Waals surface area contributed by atoms with Gasteiger partial charge in [-0.25, -0.2) is 0 Å². The zero-order valence-corrected chi connectivity index (χ0v) is 14.0. The SMILES string of the molecule is C[SiH](C)[Ti]([CH2]c1ccccc1)[CH2]c1ccccc1. The van der Waals surface area contributed by atoms with Gasteiger partial charge in [0.15, 0.2) is 0 Å². The molecule has 0 unspecified atom stereocenters. The van der Waals surface area contributed by atoms with Gasteiger partial charge in [-0.3, -0.25) is 0 Å². The molecule has 18 heavy (non-hydrogen) atoms. The molecule has 2 aromatic carbocycles. The normalized spacial score (nSPS) is 10.6. The molecule has 0 aliphatic rings. The van der Waals surface area contributed by atoms with E-state index in [1.54, 1.807) is 11.1 Å². The van der Waals surface area contributed by atoms with Crippen LogP contribution in [0.1, 0.15) is 11.1 Å². The van der Waals surface area contributed by atoms with Crippen LogP contribution in [0.2, 0.25) is 13.1 Å². The summed E-state index contributed by atoms with van der Waals surface area (Å²) in [6.45, 7) is 4.63. The second-order valence-electron chi connectivity index (χ2n) is 5.14. The third kappa shape index (κ3) is 4.24. The molecule has 0 saturated carbocycles. The molecule has 0 amide bonds. The summed E-state index contributed by atoms with van der Waals surface area (Å²) in [5.74, 6) is 0. The van der Waals surface area contributed by atoms with Crippen molar-refractivity contribution in [1.82, 2.24) is 0 Å². The van der Waals surface area contributed by atoms with Gasteiger partial charge in [-0.2, -0.15) is 0 Å². The van der Waals surface area contributed by atoms with Crippen LogP contribution >= 0.6 is 0 Å². The Bertz CT molecular complexity index is 412. The Morgan fingerprint density at radius 2 is 1.11 bits per heavy atom. The molecule has 0 heterocycles. The second kappa shape index (κ2) is 7.08. The molecule has 0 aliphatic carbocycles.